The summed E-state index contributed by atoms with van der Waals surface area (Å²) in [6.45, 7) is 0. The predicted octanol–water partition coefficient (Wildman–Crippen LogP) is 2.61. The van der Waals surface area contributed by atoms with Crippen LogP contribution in [0.4, 0.5) is 0 Å². The Labute approximate surface area is 108 Å². The van der Waals surface area contributed by atoms with Gasteiger partial charge in [0.2, 0.25) is 6.20 Å². The average molecular weight is 258 g/mol. The van der Waals surface area contributed by atoms with Crippen molar-refractivity contribution >= 4 is 21.6 Å². The van der Waals surface area contributed by atoms with Crippen LogP contribution in [0, 0.1) is 5.21 Å². The summed E-state index contributed by atoms with van der Waals surface area (Å²) >= 11 is 1.56. The van der Waals surface area contributed by atoms with Crippen LogP contribution in [-0.2, 0) is 0 Å². The maximum Gasteiger partial charge on any atom is 0.207 e. The van der Waals surface area contributed by atoms with E-state index in [0.29, 0.717) is 0 Å². The minimum Gasteiger partial charge on any atom is -0.619 e. The molecule has 5 heteroatoms. The van der Waals surface area contributed by atoms with Gasteiger partial charge in [0, 0.05) is 11.6 Å². The lowest BCUT2D eigenvalue weighted by Gasteiger charge is -2.00. The molecule has 2 aromatic heterocycles. The van der Waals surface area contributed by atoms with E-state index in [-0.39, 0.29) is 0 Å². The van der Waals surface area contributed by atoms with Gasteiger partial charge in [-0.05, 0) is 12.1 Å². The number of ether oxygens (including phenoxy) is 1. The van der Waals surface area contributed by atoms with E-state index in [1.54, 1.807) is 24.5 Å². The lowest BCUT2D eigenvalue weighted by atomic mass is 10.2. The third-order valence-corrected chi connectivity index (χ3v) is 3.71. The molecule has 0 spiro atoms. The van der Waals surface area contributed by atoms with Crippen LogP contribution in [0.5, 0.6) is 5.75 Å². The highest BCUT2D eigenvalue weighted by Gasteiger charge is 2.09. The van der Waals surface area contributed by atoms with Crippen molar-refractivity contribution < 1.29 is 9.47 Å². The Bertz CT molecular complexity index is 709. The number of rotatable bonds is 2. The van der Waals surface area contributed by atoms with Gasteiger partial charge < -0.3 is 9.94 Å². The molecule has 0 radical (unpaired) electrons. The summed E-state index contributed by atoms with van der Waals surface area (Å²) in [5, 5.41) is 12.1. The summed E-state index contributed by atoms with van der Waals surface area (Å²) in [6, 6.07) is 9.51. The smallest absolute Gasteiger partial charge is 0.207 e. The van der Waals surface area contributed by atoms with E-state index < -0.39 is 0 Å². The Kier molecular flexibility index (Phi) is 2.60. The van der Waals surface area contributed by atoms with Gasteiger partial charge in [0.05, 0.1) is 11.8 Å². The third kappa shape index (κ3) is 1.89. The first kappa shape index (κ1) is 11.0. The van der Waals surface area contributed by atoms with E-state index in [0.717, 1.165) is 31.3 Å². The fraction of sp³-hybridized carbons (Fsp3) is 0.0769. The van der Waals surface area contributed by atoms with E-state index in [9.17, 15) is 5.21 Å². The summed E-state index contributed by atoms with van der Waals surface area (Å²) in [5.74, 6) is 0.797. The molecule has 0 saturated heterocycles. The molecular formula is C13H10N2O2S. The van der Waals surface area contributed by atoms with E-state index in [2.05, 4.69) is 4.98 Å². The topological polar surface area (TPSA) is 49.1 Å². The zero-order chi connectivity index (χ0) is 12.5. The summed E-state index contributed by atoms with van der Waals surface area (Å²) in [7, 11) is 1.64. The maximum absolute atomic E-state index is 11.2. The van der Waals surface area contributed by atoms with Gasteiger partial charge in [0.15, 0.2) is 6.20 Å². The normalized spacial score (nSPS) is 10.7. The molecule has 0 bridgehead atoms. The second kappa shape index (κ2) is 4.27. The average Bonchev–Trinajstić information content (AvgIpc) is 2.81. The van der Waals surface area contributed by atoms with Crippen molar-refractivity contribution in [1.29, 1.82) is 0 Å². The first-order chi connectivity index (χ1) is 8.76. The highest BCUT2D eigenvalue weighted by molar-refractivity contribution is 7.21. The van der Waals surface area contributed by atoms with E-state index in [1.165, 1.54) is 12.4 Å². The van der Waals surface area contributed by atoms with Crippen molar-refractivity contribution in [2.45, 2.75) is 0 Å². The molecule has 0 N–H and O–H groups in total. The Morgan fingerprint density at radius 3 is 3.06 bits per heavy atom. The number of thiazole rings is 1. The van der Waals surface area contributed by atoms with Gasteiger partial charge in [0.25, 0.3) is 0 Å². The Hall–Kier alpha value is -2.14. The van der Waals surface area contributed by atoms with Crippen molar-refractivity contribution in [3.05, 3.63) is 47.9 Å². The third-order valence-electron chi connectivity index (χ3n) is 2.62. The molecule has 0 aliphatic carbocycles. The van der Waals surface area contributed by atoms with Crippen LogP contribution in [0.3, 0.4) is 0 Å². The largest absolute Gasteiger partial charge is 0.619 e. The van der Waals surface area contributed by atoms with Gasteiger partial charge in [-0.25, -0.2) is 4.98 Å². The van der Waals surface area contributed by atoms with E-state index >= 15 is 0 Å². The van der Waals surface area contributed by atoms with Crippen LogP contribution in [0.25, 0.3) is 20.8 Å². The van der Waals surface area contributed by atoms with Crippen LogP contribution in [0.1, 0.15) is 0 Å². The van der Waals surface area contributed by atoms with Gasteiger partial charge in [0.1, 0.15) is 16.3 Å². The summed E-state index contributed by atoms with van der Waals surface area (Å²) in [5.41, 5.74) is 1.71. The first-order valence-electron chi connectivity index (χ1n) is 5.40. The minimum atomic E-state index is 0.718. The van der Waals surface area contributed by atoms with Gasteiger partial charge in [-0.1, -0.05) is 12.1 Å². The van der Waals surface area contributed by atoms with Crippen molar-refractivity contribution in [1.82, 2.24) is 4.98 Å². The van der Waals surface area contributed by atoms with Gasteiger partial charge in [-0.15, -0.1) is 11.3 Å². The Morgan fingerprint density at radius 2 is 2.22 bits per heavy atom. The van der Waals surface area contributed by atoms with E-state index in [1.807, 2.05) is 24.3 Å². The summed E-state index contributed by atoms with van der Waals surface area (Å²) in [4.78, 5) is 4.46. The quantitative estimate of drug-likeness (QED) is 0.524. The molecule has 3 rings (SSSR count). The fourth-order valence-corrected chi connectivity index (χ4v) is 2.67. The van der Waals surface area contributed by atoms with Crippen LogP contribution in [0.15, 0.2) is 42.7 Å². The molecule has 18 heavy (non-hydrogen) atoms. The zero-order valence-corrected chi connectivity index (χ0v) is 10.5. The molecule has 0 saturated carbocycles. The number of aromatic nitrogens is 2. The fourth-order valence-electron chi connectivity index (χ4n) is 1.74. The van der Waals surface area contributed by atoms with Crippen molar-refractivity contribution in [2.24, 2.45) is 0 Å². The molecule has 0 unspecified atom stereocenters. The maximum atomic E-state index is 11.2. The van der Waals surface area contributed by atoms with Crippen LogP contribution in [-0.4, -0.2) is 12.1 Å². The molecule has 4 nitrogen and oxygen atoms in total. The molecule has 90 valence electrons. The molecule has 1 aromatic carbocycles. The van der Waals surface area contributed by atoms with Gasteiger partial charge in [-0.3, -0.25) is 0 Å². The van der Waals surface area contributed by atoms with Gasteiger partial charge in [-0.2, -0.15) is 4.73 Å². The first-order valence-corrected chi connectivity index (χ1v) is 6.22. The molecule has 0 aliphatic rings. The molecule has 2 heterocycles. The molecule has 0 atom stereocenters. The second-order valence-corrected chi connectivity index (χ2v) is 4.84. The van der Waals surface area contributed by atoms with Crippen molar-refractivity contribution in [3.63, 3.8) is 0 Å². The second-order valence-electron chi connectivity index (χ2n) is 3.81. The monoisotopic (exact) mass is 258 g/mol. The Balaban J connectivity index is 2.13. The lowest BCUT2D eigenvalue weighted by molar-refractivity contribution is -0.603. The Morgan fingerprint density at radius 1 is 1.33 bits per heavy atom. The van der Waals surface area contributed by atoms with Crippen molar-refractivity contribution in [2.75, 3.05) is 7.11 Å². The number of nitrogens with zero attached hydrogens (tertiary/aromatic N) is 2. The summed E-state index contributed by atoms with van der Waals surface area (Å²) < 4.78 is 6.95. The number of benzene rings is 1. The minimum absolute atomic E-state index is 0.718. The van der Waals surface area contributed by atoms with Crippen LogP contribution in [0.2, 0.25) is 0 Å². The number of hydrogen-bond donors (Lipinski definition) is 0. The molecule has 0 amide bonds. The highest BCUT2D eigenvalue weighted by Crippen LogP contribution is 2.30. The molecule has 3 aromatic rings. The van der Waals surface area contributed by atoms with Crippen LogP contribution < -0.4 is 9.47 Å². The van der Waals surface area contributed by atoms with E-state index in [4.69, 9.17) is 4.74 Å². The number of hydrogen-bond acceptors (Lipinski definition) is 4. The zero-order valence-electron chi connectivity index (χ0n) is 9.66. The standard InChI is InChI=1S/C13H10N2O2S/c1-17-10-4-2-3-9(7-10)13-14-11-8-15(16)6-5-12(11)18-13/h2-8H,1H3. The number of methoxy groups -OCH3 is 1. The summed E-state index contributed by atoms with van der Waals surface area (Å²) in [6.07, 6.45) is 2.96. The highest BCUT2D eigenvalue weighted by atomic mass is 32.1. The van der Waals surface area contributed by atoms with Crippen molar-refractivity contribution in [3.8, 4) is 16.3 Å². The lowest BCUT2D eigenvalue weighted by Crippen LogP contribution is -2.23. The molecule has 0 fully saturated rings. The number of fused-ring (bicyclic) bond motifs is 1. The molecule has 0 aliphatic heterocycles. The van der Waals surface area contributed by atoms with Crippen LogP contribution >= 0.6 is 11.3 Å². The number of pyridine rings is 1. The predicted molar refractivity (Wildman–Crippen MR) is 70.6 cm³/mol. The van der Waals surface area contributed by atoms with Gasteiger partial charge >= 0.3 is 0 Å². The molecular weight excluding hydrogens is 248 g/mol. The SMILES string of the molecule is COc1cccc(-c2nc3c[n+]([O-])ccc3s2)c1.